The van der Waals surface area contributed by atoms with Gasteiger partial charge in [0.1, 0.15) is 11.5 Å². The van der Waals surface area contributed by atoms with E-state index in [4.69, 9.17) is 11.6 Å². The molecular weight excluding hydrogens is 360 g/mol. The molecule has 3 aromatic rings. The smallest absolute Gasteiger partial charge is 0.271 e. The van der Waals surface area contributed by atoms with E-state index in [1.807, 2.05) is 55.5 Å². The van der Waals surface area contributed by atoms with Gasteiger partial charge in [0.05, 0.1) is 12.4 Å². The van der Waals surface area contributed by atoms with Crippen molar-refractivity contribution in [3.63, 3.8) is 0 Å². The second-order valence-corrected chi connectivity index (χ2v) is 6.70. The molecule has 0 fully saturated rings. The molecule has 0 aliphatic rings. The summed E-state index contributed by atoms with van der Waals surface area (Å²) in [5.41, 5.74) is 3.66. The Bertz CT molecular complexity index is 912. The van der Waals surface area contributed by atoms with E-state index in [1.54, 1.807) is 6.20 Å². The van der Waals surface area contributed by atoms with Gasteiger partial charge in [-0.05, 0) is 36.6 Å². The molecule has 138 valence electrons. The molecule has 1 heterocycles. The van der Waals surface area contributed by atoms with Crippen LogP contribution in [0.5, 0.6) is 0 Å². The van der Waals surface area contributed by atoms with Gasteiger partial charge in [0, 0.05) is 18.1 Å². The Morgan fingerprint density at radius 2 is 1.85 bits per heavy atom. The standard InChI is InChI=1S/C21H21ClN4O/c1-15-4-2-6-17(10-15)12-26-21(27)19-13-25-20(14-24-19)23-9-8-16-5-3-7-18(22)11-16/h2-7,10-11,13-14H,8-9,12H2,1H3,(H,23,25)(H,26,27). The van der Waals surface area contributed by atoms with Crippen molar-refractivity contribution in [1.29, 1.82) is 0 Å². The van der Waals surface area contributed by atoms with Crippen molar-refractivity contribution in [2.45, 2.75) is 19.9 Å². The van der Waals surface area contributed by atoms with E-state index >= 15 is 0 Å². The highest BCUT2D eigenvalue weighted by Gasteiger charge is 2.08. The topological polar surface area (TPSA) is 66.9 Å². The number of benzene rings is 2. The van der Waals surface area contributed by atoms with Crippen LogP contribution in [0.2, 0.25) is 5.02 Å². The fourth-order valence-corrected chi connectivity index (χ4v) is 2.87. The Morgan fingerprint density at radius 1 is 1.04 bits per heavy atom. The van der Waals surface area contributed by atoms with Gasteiger partial charge < -0.3 is 10.6 Å². The SMILES string of the molecule is Cc1cccc(CNC(=O)c2cnc(NCCc3cccc(Cl)c3)cn2)c1. The first kappa shape index (κ1) is 18.9. The third-order valence-electron chi connectivity index (χ3n) is 4.03. The van der Waals surface area contributed by atoms with Crippen molar-refractivity contribution >= 4 is 23.3 Å². The number of carbonyl (C=O) groups excluding carboxylic acids is 1. The lowest BCUT2D eigenvalue weighted by Crippen LogP contribution is -2.24. The van der Waals surface area contributed by atoms with Crippen LogP contribution < -0.4 is 10.6 Å². The zero-order valence-electron chi connectivity index (χ0n) is 15.1. The lowest BCUT2D eigenvalue weighted by atomic mass is 10.1. The van der Waals surface area contributed by atoms with Crippen molar-refractivity contribution in [3.05, 3.63) is 88.3 Å². The number of hydrogen-bond acceptors (Lipinski definition) is 4. The molecule has 0 aliphatic heterocycles. The van der Waals surface area contributed by atoms with Crippen LogP contribution in [-0.2, 0) is 13.0 Å². The quantitative estimate of drug-likeness (QED) is 0.649. The van der Waals surface area contributed by atoms with Crippen LogP contribution in [0.15, 0.2) is 60.9 Å². The van der Waals surface area contributed by atoms with Crippen molar-refractivity contribution in [2.75, 3.05) is 11.9 Å². The Labute approximate surface area is 163 Å². The third kappa shape index (κ3) is 5.79. The second kappa shape index (κ2) is 9.14. The highest BCUT2D eigenvalue weighted by molar-refractivity contribution is 6.30. The highest BCUT2D eigenvalue weighted by atomic mass is 35.5. The van der Waals surface area contributed by atoms with Gasteiger partial charge in [0.15, 0.2) is 0 Å². The maximum Gasteiger partial charge on any atom is 0.271 e. The maximum atomic E-state index is 12.2. The molecule has 0 bridgehead atoms. The van der Waals surface area contributed by atoms with E-state index in [1.165, 1.54) is 6.20 Å². The molecule has 0 saturated carbocycles. The van der Waals surface area contributed by atoms with Gasteiger partial charge in [0.25, 0.3) is 5.91 Å². The first-order chi connectivity index (χ1) is 13.1. The number of nitrogens with zero attached hydrogens (tertiary/aromatic N) is 2. The number of nitrogens with one attached hydrogen (secondary N) is 2. The molecule has 0 radical (unpaired) electrons. The molecule has 1 amide bonds. The molecule has 2 N–H and O–H groups in total. The average Bonchev–Trinajstić information content (AvgIpc) is 2.67. The van der Waals surface area contributed by atoms with Crippen molar-refractivity contribution in [2.24, 2.45) is 0 Å². The minimum atomic E-state index is -0.241. The normalized spacial score (nSPS) is 10.4. The largest absolute Gasteiger partial charge is 0.368 e. The van der Waals surface area contributed by atoms with E-state index in [-0.39, 0.29) is 5.91 Å². The van der Waals surface area contributed by atoms with E-state index in [0.29, 0.717) is 24.6 Å². The van der Waals surface area contributed by atoms with E-state index in [2.05, 4.69) is 20.6 Å². The maximum absolute atomic E-state index is 12.2. The van der Waals surface area contributed by atoms with Crippen LogP contribution in [0.25, 0.3) is 0 Å². The number of halogens is 1. The molecule has 5 nitrogen and oxygen atoms in total. The lowest BCUT2D eigenvalue weighted by Gasteiger charge is -2.08. The number of rotatable bonds is 7. The minimum Gasteiger partial charge on any atom is -0.368 e. The molecule has 3 rings (SSSR count). The van der Waals surface area contributed by atoms with Gasteiger partial charge in [-0.1, -0.05) is 53.6 Å². The first-order valence-electron chi connectivity index (χ1n) is 8.74. The number of hydrogen-bond donors (Lipinski definition) is 2. The molecule has 0 saturated heterocycles. The van der Waals surface area contributed by atoms with Crippen LogP contribution in [-0.4, -0.2) is 22.4 Å². The van der Waals surface area contributed by atoms with Gasteiger partial charge >= 0.3 is 0 Å². The van der Waals surface area contributed by atoms with E-state index < -0.39 is 0 Å². The van der Waals surface area contributed by atoms with Crippen LogP contribution >= 0.6 is 11.6 Å². The molecule has 2 aromatic carbocycles. The zero-order chi connectivity index (χ0) is 19.1. The van der Waals surface area contributed by atoms with Gasteiger partial charge in [-0.15, -0.1) is 0 Å². The summed E-state index contributed by atoms with van der Waals surface area (Å²) in [7, 11) is 0. The number of amides is 1. The van der Waals surface area contributed by atoms with E-state index in [9.17, 15) is 4.79 Å². The monoisotopic (exact) mass is 380 g/mol. The number of aromatic nitrogens is 2. The predicted molar refractivity (Wildman–Crippen MR) is 108 cm³/mol. The summed E-state index contributed by atoms with van der Waals surface area (Å²) >= 11 is 5.98. The van der Waals surface area contributed by atoms with Gasteiger partial charge in [-0.3, -0.25) is 4.79 Å². The Morgan fingerprint density at radius 3 is 2.59 bits per heavy atom. The molecule has 6 heteroatoms. The fourth-order valence-electron chi connectivity index (χ4n) is 2.66. The third-order valence-corrected chi connectivity index (χ3v) is 4.26. The molecule has 0 aliphatic carbocycles. The molecular formula is C21H21ClN4O. The summed E-state index contributed by atoms with van der Waals surface area (Å²) in [4.78, 5) is 20.6. The summed E-state index contributed by atoms with van der Waals surface area (Å²) < 4.78 is 0. The number of aryl methyl sites for hydroxylation is 1. The molecule has 1 aromatic heterocycles. The highest BCUT2D eigenvalue weighted by Crippen LogP contribution is 2.11. The number of carbonyl (C=O) groups is 1. The molecule has 0 atom stereocenters. The molecule has 27 heavy (non-hydrogen) atoms. The first-order valence-corrected chi connectivity index (χ1v) is 9.12. The van der Waals surface area contributed by atoms with Crippen LogP contribution in [0, 0.1) is 6.92 Å². The minimum absolute atomic E-state index is 0.241. The summed E-state index contributed by atoms with van der Waals surface area (Å²) in [6.07, 6.45) is 3.87. The van der Waals surface area contributed by atoms with Crippen molar-refractivity contribution in [1.82, 2.24) is 15.3 Å². The Hall–Kier alpha value is -2.92. The number of anilines is 1. The van der Waals surface area contributed by atoms with Crippen LogP contribution in [0.3, 0.4) is 0 Å². The summed E-state index contributed by atoms with van der Waals surface area (Å²) in [6, 6.07) is 15.8. The zero-order valence-corrected chi connectivity index (χ0v) is 15.8. The van der Waals surface area contributed by atoms with Gasteiger partial charge in [-0.2, -0.15) is 0 Å². The van der Waals surface area contributed by atoms with Crippen LogP contribution in [0.4, 0.5) is 5.82 Å². The van der Waals surface area contributed by atoms with Gasteiger partial charge in [-0.25, -0.2) is 9.97 Å². The average molecular weight is 381 g/mol. The summed E-state index contributed by atoms with van der Waals surface area (Å²) in [6.45, 7) is 3.19. The van der Waals surface area contributed by atoms with Crippen molar-refractivity contribution < 1.29 is 4.79 Å². The Balaban J connectivity index is 1.48. The van der Waals surface area contributed by atoms with E-state index in [0.717, 1.165) is 28.1 Å². The molecule has 0 unspecified atom stereocenters. The van der Waals surface area contributed by atoms with Crippen LogP contribution in [0.1, 0.15) is 27.2 Å². The summed E-state index contributed by atoms with van der Waals surface area (Å²) in [5.74, 6) is 0.391. The second-order valence-electron chi connectivity index (χ2n) is 6.27. The molecule has 0 spiro atoms. The summed E-state index contributed by atoms with van der Waals surface area (Å²) in [5, 5.41) is 6.78. The predicted octanol–water partition coefficient (Wildman–Crippen LogP) is 4.02. The fraction of sp³-hybridized carbons (Fsp3) is 0.190. The van der Waals surface area contributed by atoms with Gasteiger partial charge in [0.2, 0.25) is 0 Å². The Kier molecular flexibility index (Phi) is 6.39. The van der Waals surface area contributed by atoms with Crippen molar-refractivity contribution in [3.8, 4) is 0 Å². The lowest BCUT2D eigenvalue weighted by molar-refractivity contribution is 0.0945.